The molecule has 0 spiro atoms. The van der Waals surface area contributed by atoms with Gasteiger partial charge in [0.25, 0.3) is 0 Å². The minimum Gasteiger partial charge on any atom is -0.387 e. The number of rotatable bonds is 3. The van der Waals surface area contributed by atoms with E-state index in [1.54, 1.807) is 6.20 Å². The maximum Gasteiger partial charge on any atom is 0.0959 e. The van der Waals surface area contributed by atoms with Crippen molar-refractivity contribution < 1.29 is 5.11 Å². The Morgan fingerprint density at radius 3 is 2.57 bits per heavy atom. The summed E-state index contributed by atoms with van der Waals surface area (Å²) in [7, 11) is 0. The van der Waals surface area contributed by atoms with E-state index in [9.17, 15) is 5.11 Å². The fraction of sp³-hybridized carbons (Fsp3) is 0.583. The van der Waals surface area contributed by atoms with E-state index in [0.717, 1.165) is 18.5 Å². The molecular weight excluding hydrogens is 174 g/mol. The summed E-state index contributed by atoms with van der Waals surface area (Å²) in [5.74, 6) is 0. The standard InChI is InChI=1S/C12H19NO/c1-12(2,3)8-7-11(14)10-6-4-5-9-13-10/h4-6,9,11,14H,7-8H2,1-3H3. The highest BCUT2D eigenvalue weighted by atomic mass is 16.3. The SMILES string of the molecule is CC(C)(C)CCC(O)c1ccccn1. The number of aromatic nitrogens is 1. The van der Waals surface area contributed by atoms with Gasteiger partial charge in [-0.15, -0.1) is 0 Å². The molecule has 78 valence electrons. The molecule has 2 heteroatoms. The van der Waals surface area contributed by atoms with Crippen molar-refractivity contribution in [1.29, 1.82) is 0 Å². The molecule has 14 heavy (non-hydrogen) atoms. The van der Waals surface area contributed by atoms with Crippen LogP contribution in [0.5, 0.6) is 0 Å². The first-order valence-corrected chi connectivity index (χ1v) is 5.08. The number of hydrogen-bond acceptors (Lipinski definition) is 2. The van der Waals surface area contributed by atoms with Crippen LogP contribution in [-0.2, 0) is 0 Å². The fourth-order valence-corrected chi connectivity index (χ4v) is 1.29. The summed E-state index contributed by atoms with van der Waals surface area (Å²) in [6, 6.07) is 5.63. The van der Waals surface area contributed by atoms with Crippen molar-refractivity contribution in [3.05, 3.63) is 30.1 Å². The second-order valence-electron chi connectivity index (χ2n) is 4.87. The molecule has 1 rings (SSSR count). The van der Waals surface area contributed by atoms with E-state index in [0.29, 0.717) is 0 Å². The van der Waals surface area contributed by atoms with Gasteiger partial charge in [-0.2, -0.15) is 0 Å². The van der Waals surface area contributed by atoms with Gasteiger partial charge in [-0.05, 0) is 30.4 Å². The molecule has 0 aliphatic carbocycles. The van der Waals surface area contributed by atoms with Gasteiger partial charge < -0.3 is 5.11 Å². The Morgan fingerprint density at radius 2 is 2.07 bits per heavy atom. The summed E-state index contributed by atoms with van der Waals surface area (Å²) >= 11 is 0. The molecule has 0 amide bonds. The lowest BCUT2D eigenvalue weighted by molar-refractivity contribution is 0.143. The third kappa shape index (κ3) is 3.88. The largest absolute Gasteiger partial charge is 0.387 e. The maximum atomic E-state index is 9.82. The lowest BCUT2D eigenvalue weighted by Crippen LogP contribution is -2.08. The lowest BCUT2D eigenvalue weighted by atomic mass is 9.89. The Kier molecular flexibility index (Phi) is 3.64. The van der Waals surface area contributed by atoms with Crippen LogP contribution >= 0.6 is 0 Å². The molecule has 0 aliphatic rings. The summed E-state index contributed by atoms with van der Waals surface area (Å²) in [6.07, 6.45) is 3.08. The van der Waals surface area contributed by atoms with Gasteiger partial charge in [0.2, 0.25) is 0 Å². The molecule has 0 bridgehead atoms. The fourth-order valence-electron chi connectivity index (χ4n) is 1.29. The van der Waals surface area contributed by atoms with Crippen molar-refractivity contribution in [2.45, 2.75) is 39.7 Å². The van der Waals surface area contributed by atoms with Crippen molar-refractivity contribution in [3.8, 4) is 0 Å². The van der Waals surface area contributed by atoms with Crippen LogP contribution < -0.4 is 0 Å². The van der Waals surface area contributed by atoms with E-state index in [-0.39, 0.29) is 5.41 Å². The van der Waals surface area contributed by atoms with Crippen LogP contribution in [-0.4, -0.2) is 10.1 Å². The normalized spacial score (nSPS) is 14.0. The van der Waals surface area contributed by atoms with Crippen LogP contribution in [0.15, 0.2) is 24.4 Å². The summed E-state index contributed by atoms with van der Waals surface area (Å²) in [5.41, 5.74) is 1.05. The Bertz CT molecular complexity index is 263. The van der Waals surface area contributed by atoms with Gasteiger partial charge in [-0.1, -0.05) is 26.8 Å². The Balaban J connectivity index is 2.48. The summed E-state index contributed by atoms with van der Waals surface area (Å²) < 4.78 is 0. The molecular formula is C12H19NO. The number of aliphatic hydroxyl groups is 1. The molecule has 0 saturated carbocycles. The molecule has 1 unspecified atom stereocenters. The zero-order valence-corrected chi connectivity index (χ0v) is 9.20. The van der Waals surface area contributed by atoms with Crippen LogP contribution in [0.4, 0.5) is 0 Å². The highest BCUT2D eigenvalue weighted by Gasteiger charge is 2.15. The minimum absolute atomic E-state index is 0.274. The topological polar surface area (TPSA) is 33.1 Å². The Labute approximate surface area is 86.0 Å². The molecule has 1 N–H and O–H groups in total. The smallest absolute Gasteiger partial charge is 0.0959 e. The van der Waals surface area contributed by atoms with E-state index < -0.39 is 6.10 Å². The summed E-state index contributed by atoms with van der Waals surface area (Å²) in [4.78, 5) is 4.13. The van der Waals surface area contributed by atoms with Gasteiger partial charge in [0.1, 0.15) is 0 Å². The van der Waals surface area contributed by atoms with E-state index in [2.05, 4.69) is 25.8 Å². The van der Waals surface area contributed by atoms with Gasteiger partial charge >= 0.3 is 0 Å². The zero-order chi connectivity index (χ0) is 10.6. The molecule has 0 saturated heterocycles. The molecule has 1 heterocycles. The van der Waals surface area contributed by atoms with E-state index >= 15 is 0 Å². The number of pyridine rings is 1. The average Bonchev–Trinajstić information content (AvgIpc) is 2.14. The van der Waals surface area contributed by atoms with Crippen molar-refractivity contribution in [2.24, 2.45) is 5.41 Å². The van der Waals surface area contributed by atoms with Crippen molar-refractivity contribution in [3.63, 3.8) is 0 Å². The first-order chi connectivity index (χ1) is 6.49. The molecule has 2 nitrogen and oxygen atoms in total. The van der Waals surface area contributed by atoms with Gasteiger partial charge in [-0.25, -0.2) is 0 Å². The second kappa shape index (κ2) is 4.56. The first kappa shape index (κ1) is 11.2. The van der Waals surface area contributed by atoms with E-state index in [1.807, 2.05) is 18.2 Å². The van der Waals surface area contributed by atoms with Crippen LogP contribution in [0.2, 0.25) is 0 Å². The van der Waals surface area contributed by atoms with Crippen molar-refractivity contribution >= 4 is 0 Å². The van der Waals surface area contributed by atoms with Crippen molar-refractivity contribution in [2.75, 3.05) is 0 Å². The summed E-state index contributed by atoms with van der Waals surface area (Å²) in [5, 5.41) is 9.82. The molecule has 1 aromatic rings. The summed E-state index contributed by atoms with van der Waals surface area (Å²) in [6.45, 7) is 6.54. The molecule has 0 radical (unpaired) electrons. The third-order valence-electron chi connectivity index (χ3n) is 2.20. The minimum atomic E-state index is -0.421. The third-order valence-corrected chi connectivity index (χ3v) is 2.20. The maximum absolute atomic E-state index is 9.82. The molecule has 1 aromatic heterocycles. The van der Waals surface area contributed by atoms with Crippen LogP contribution in [0.3, 0.4) is 0 Å². The van der Waals surface area contributed by atoms with Crippen LogP contribution in [0.1, 0.15) is 45.4 Å². The first-order valence-electron chi connectivity index (χ1n) is 5.08. The van der Waals surface area contributed by atoms with Crippen LogP contribution in [0, 0.1) is 5.41 Å². The van der Waals surface area contributed by atoms with E-state index in [1.165, 1.54) is 0 Å². The lowest BCUT2D eigenvalue weighted by Gasteiger charge is -2.19. The number of nitrogens with zero attached hydrogens (tertiary/aromatic N) is 1. The van der Waals surface area contributed by atoms with Gasteiger partial charge in [0.05, 0.1) is 11.8 Å². The predicted octanol–water partition coefficient (Wildman–Crippen LogP) is 2.94. The quantitative estimate of drug-likeness (QED) is 0.800. The van der Waals surface area contributed by atoms with Gasteiger partial charge in [0, 0.05) is 6.20 Å². The van der Waals surface area contributed by atoms with Crippen LogP contribution in [0.25, 0.3) is 0 Å². The Morgan fingerprint density at radius 1 is 1.36 bits per heavy atom. The predicted molar refractivity (Wildman–Crippen MR) is 57.9 cm³/mol. The zero-order valence-electron chi connectivity index (χ0n) is 9.20. The Hall–Kier alpha value is -0.890. The average molecular weight is 193 g/mol. The van der Waals surface area contributed by atoms with E-state index in [4.69, 9.17) is 0 Å². The van der Waals surface area contributed by atoms with Gasteiger partial charge in [-0.3, -0.25) is 4.98 Å². The van der Waals surface area contributed by atoms with Crippen molar-refractivity contribution in [1.82, 2.24) is 4.98 Å². The highest BCUT2D eigenvalue weighted by molar-refractivity contribution is 5.06. The highest BCUT2D eigenvalue weighted by Crippen LogP contribution is 2.26. The van der Waals surface area contributed by atoms with Gasteiger partial charge in [0.15, 0.2) is 0 Å². The molecule has 1 atom stereocenters. The molecule has 0 aromatic carbocycles. The number of aliphatic hydroxyl groups excluding tert-OH is 1. The monoisotopic (exact) mass is 193 g/mol. The number of hydrogen-bond donors (Lipinski definition) is 1. The second-order valence-corrected chi connectivity index (χ2v) is 4.87. The molecule has 0 fully saturated rings. The molecule has 0 aliphatic heterocycles.